The molecule has 1 aliphatic heterocycles. The number of aliphatic imine (C=N–C) groups is 1. The van der Waals surface area contributed by atoms with Crippen molar-refractivity contribution in [3.05, 3.63) is 48.5 Å². The molecule has 0 radical (unpaired) electrons. The molecule has 1 unspecified atom stereocenters. The van der Waals surface area contributed by atoms with Crippen molar-refractivity contribution in [1.82, 2.24) is 25.1 Å². The normalized spacial score (nSPS) is 16.1. The molecule has 7 nitrogen and oxygen atoms in total. The van der Waals surface area contributed by atoms with E-state index in [4.69, 9.17) is 4.74 Å². The molecular formula is C21H32N6O. The van der Waals surface area contributed by atoms with Gasteiger partial charge in [0, 0.05) is 44.6 Å². The Labute approximate surface area is 167 Å². The quantitative estimate of drug-likeness (QED) is 0.394. The predicted molar refractivity (Wildman–Crippen MR) is 113 cm³/mol. The molecule has 2 N–H and O–H groups in total. The largest absolute Gasteiger partial charge is 0.496 e. The Morgan fingerprint density at radius 2 is 2.07 bits per heavy atom. The van der Waals surface area contributed by atoms with E-state index < -0.39 is 0 Å². The van der Waals surface area contributed by atoms with Crippen LogP contribution in [0, 0.1) is 0 Å². The van der Waals surface area contributed by atoms with Crippen LogP contribution in [0.3, 0.4) is 0 Å². The van der Waals surface area contributed by atoms with Gasteiger partial charge in [-0.1, -0.05) is 18.2 Å². The fourth-order valence-corrected chi connectivity index (χ4v) is 3.73. The van der Waals surface area contributed by atoms with Gasteiger partial charge in [-0.15, -0.1) is 0 Å². The fraction of sp³-hybridized carbons (Fsp3) is 0.524. The number of aryl methyl sites for hydroxylation is 1. The van der Waals surface area contributed by atoms with Crippen LogP contribution in [0.5, 0.6) is 5.75 Å². The van der Waals surface area contributed by atoms with E-state index in [1.807, 2.05) is 37.9 Å². The number of rotatable bonds is 9. The van der Waals surface area contributed by atoms with E-state index in [1.54, 1.807) is 7.11 Å². The summed E-state index contributed by atoms with van der Waals surface area (Å²) in [4.78, 5) is 11.0. The van der Waals surface area contributed by atoms with E-state index in [-0.39, 0.29) is 6.04 Å². The van der Waals surface area contributed by atoms with Crippen LogP contribution in [0.15, 0.2) is 48.0 Å². The first-order valence-electron chi connectivity index (χ1n) is 10.1. The van der Waals surface area contributed by atoms with Gasteiger partial charge < -0.3 is 19.9 Å². The summed E-state index contributed by atoms with van der Waals surface area (Å²) in [5, 5.41) is 6.93. The third kappa shape index (κ3) is 5.48. The molecule has 0 aliphatic carbocycles. The van der Waals surface area contributed by atoms with Crippen molar-refractivity contribution in [2.45, 2.75) is 31.8 Å². The maximum absolute atomic E-state index is 5.63. The van der Waals surface area contributed by atoms with Gasteiger partial charge in [0.05, 0.1) is 19.5 Å². The van der Waals surface area contributed by atoms with Gasteiger partial charge in [0.2, 0.25) is 0 Å². The van der Waals surface area contributed by atoms with E-state index in [2.05, 4.69) is 42.2 Å². The Hall–Kier alpha value is -2.54. The fourth-order valence-electron chi connectivity index (χ4n) is 3.73. The molecular weight excluding hydrogens is 352 g/mol. The van der Waals surface area contributed by atoms with Gasteiger partial charge in [0.25, 0.3) is 0 Å². The summed E-state index contributed by atoms with van der Waals surface area (Å²) < 4.78 is 7.71. The van der Waals surface area contributed by atoms with Crippen molar-refractivity contribution in [3.8, 4) is 5.75 Å². The summed E-state index contributed by atoms with van der Waals surface area (Å²) in [6.45, 7) is 4.85. The lowest BCUT2D eigenvalue weighted by molar-refractivity contribution is 0.239. The van der Waals surface area contributed by atoms with Crippen LogP contribution in [-0.4, -0.2) is 60.7 Å². The smallest absolute Gasteiger partial charge is 0.191 e. The molecule has 1 fully saturated rings. The number of guanidine groups is 1. The number of aromatic nitrogens is 2. The van der Waals surface area contributed by atoms with Crippen molar-refractivity contribution in [1.29, 1.82) is 0 Å². The minimum atomic E-state index is 0.267. The molecule has 0 bridgehead atoms. The lowest BCUT2D eigenvalue weighted by atomic mass is 10.0. The van der Waals surface area contributed by atoms with E-state index in [0.717, 1.165) is 50.9 Å². The van der Waals surface area contributed by atoms with Crippen molar-refractivity contribution in [2.75, 3.05) is 40.3 Å². The molecule has 1 aliphatic rings. The summed E-state index contributed by atoms with van der Waals surface area (Å²) in [6.07, 6.45) is 9.17. The number of ether oxygens (including phenoxy) is 1. The number of hydrogen-bond acceptors (Lipinski definition) is 4. The maximum Gasteiger partial charge on any atom is 0.191 e. The second kappa shape index (κ2) is 10.7. The van der Waals surface area contributed by atoms with Gasteiger partial charge in [-0.3, -0.25) is 9.89 Å². The summed E-state index contributed by atoms with van der Waals surface area (Å²) in [5.74, 6) is 1.79. The molecule has 7 heteroatoms. The zero-order valence-corrected chi connectivity index (χ0v) is 17.0. The molecule has 1 aromatic carbocycles. The van der Waals surface area contributed by atoms with Crippen LogP contribution in [0.1, 0.15) is 30.9 Å². The second-order valence-electron chi connectivity index (χ2n) is 7.03. The van der Waals surface area contributed by atoms with Crippen molar-refractivity contribution < 1.29 is 4.74 Å². The number of hydrogen-bond donors (Lipinski definition) is 2. The Morgan fingerprint density at radius 1 is 1.25 bits per heavy atom. The number of methoxy groups -OCH3 is 1. The average molecular weight is 385 g/mol. The van der Waals surface area contributed by atoms with Gasteiger partial charge >= 0.3 is 0 Å². The molecule has 1 atom stereocenters. The molecule has 0 amide bonds. The number of benzene rings is 1. The van der Waals surface area contributed by atoms with Gasteiger partial charge in [-0.25, -0.2) is 4.98 Å². The highest BCUT2D eigenvalue weighted by molar-refractivity contribution is 5.79. The molecule has 152 valence electrons. The highest BCUT2D eigenvalue weighted by Gasteiger charge is 2.25. The van der Waals surface area contributed by atoms with Gasteiger partial charge in [0.15, 0.2) is 5.96 Å². The maximum atomic E-state index is 5.63. The van der Waals surface area contributed by atoms with Crippen LogP contribution < -0.4 is 15.4 Å². The SMILES string of the molecule is CN=C(NCCCn1ccnc1)NCC(c1ccccc1OC)N1CCCC1. The molecule has 0 spiro atoms. The summed E-state index contributed by atoms with van der Waals surface area (Å²) in [7, 11) is 3.56. The topological polar surface area (TPSA) is 66.7 Å². The van der Waals surface area contributed by atoms with Crippen LogP contribution in [0.2, 0.25) is 0 Å². The third-order valence-corrected chi connectivity index (χ3v) is 5.21. The van der Waals surface area contributed by atoms with Crippen LogP contribution in [0.4, 0.5) is 0 Å². The van der Waals surface area contributed by atoms with E-state index in [9.17, 15) is 0 Å². The molecule has 1 saturated heterocycles. The third-order valence-electron chi connectivity index (χ3n) is 5.21. The highest BCUT2D eigenvalue weighted by atomic mass is 16.5. The number of nitrogens with one attached hydrogen (secondary N) is 2. The predicted octanol–water partition coefficient (Wildman–Crippen LogP) is 2.28. The van der Waals surface area contributed by atoms with E-state index in [1.165, 1.54) is 18.4 Å². The monoisotopic (exact) mass is 384 g/mol. The first-order valence-corrected chi connectivity index (χ1v) is 10.1. The standard InChI is InChI=1S/C21H32N6O/c1-22-21(24-10-7-12-26-15-11-23-17-26)25-16-19(27-13-5-6-14-27)18-8-3-4-9-20(18)28-2/h3-4,8-9,11,15,17,19H,5-7,10,12-14,16H2,1-2H3,(H2,22,24,25). The number of likely N-dealkylation sites (tertiary alicyclic amines) is 1. The van der Waals surface area contributed by atoms with Gasteiger partial charge in [-0.2, -0.15) is 0 Å². The molecule has 0 saturated carbocycles. The van der Waals surface area contributed by atoms with Gasteiger partial charge in [-0.05, 0) is 38.4 Å². The first kappa shape index (κ1) is 20.2. The minimum Gasteiger partial charge on any atom is -0.496 e. The summed E-state index contributed by atoms with van der Waals surface area (Å²) in [5.41, 5.74) is 1.23. The lowest BCUT2D eigenvalue weighted by Gasteiger charge is -2.30. The van der Waals surface area contributed by atoms with Crippen LogP contribution >= 0.6 is 0 Å². The van der Waals surface area contributed by atoms with E-state index in [0.29, 0.717) is 0 Å². The zero-order valence-electron chi connectivity index (χ0n) is 17.0. The molecule has 2 heterocycles. The van der Waals surface area contributed by atoms with Crippen LogP contribution in [0.25, 0.3) is 0 Å². The molecule has 2 aromatic rings. The zero-order chi connectivity index (χ0) is 19.6. The Bertz CT molecular complexity index is 724. The number of nitrogens with zero attached hydrogens (tertiary/aromatic N) is 4. The highest BCUT2D eigenvalue weighted by Crippen LogP contribution is 2.31. The number of para-hydroxylation sites is 1. The van der Waals surface area contributed by atoms with E-state index >= 15 is 0 Å². The molecule has 1 aromatic heterocycles. The molecule has 3 rings (SSSR count). The first-order chi connectivity index (χ1) is 13.8. The lowest BCUT2D eigenvalue weighted by Crippen LogP contribution is -2.43. The van der Waals surface area contributed by atoms with Crippen molar-refractivity contribution in [3.63, 3.8) is 0 Å². The minimum absolute atomic E-state index is 0.267. The summed E-state index contributed by atoms with van der Waals surface area (Å²) >= 11 is 0. The second-order valence-corrected chi connectivity index (χ2v) is 7.03. The van der Waals surface area contributed by atoms with Crippen molar-refractivity contribution in [2.24, 2.45) is 4.99 Å². The van der Waals surface area contributed by atoms with Crippen LogP contribution in [-0.2, 0) is 6.54 Å². The summed E-state index contributed by atoms with van der Waals surface area (Å²) in [6, 6.07) is 8.59. The Kier molecular flexibility index (Phi) is 7.72. The Morgan fingerprint density at radius 3 is 2.79 bits per heavy atom. The molecule has 28 heavy (non-hydrogen) atoms. The van der Waals surface area contributed by atoms with Crippen molar-refractivity contribution >= 4 is 5.96 Å². The van der Waals surface area contributed by atoms with Gasteiger partial charge in [0.1, 0.15) is 5.75 Å². The Balaban J connectivity index is 1.55. The number of imidazole rings is 1. The average Bonchev–Trinajstić information content (AvgIpc) is 3.44.